The number of pyridine rings is 1. The van der Waals surface area contributed by atoms with E-state index >= 15 is 0 Å². The van der Waals surface area contributed by atoms with Gasteiger partial charge in [-0.2, -0.15) is 0 Å². The van der Waals surface area contributed by atoms with Crippen molar-refractivity contribution in [3.8, 4) is 0 Å². The molecule has 3 aromatic rings. The van der Waals surface area contributed by atoms with Crippen LogP contribution in [0.5, 0.6) is 0 Å². The third-order valence-electron chi connectivity index (χ3n) is 5.14. The van der Waals surface area contributed by atoms with E-state index in [9.17, 15) is 9.59 Å². The van der Waals surface area contributed by atoms with Crippen molar-refractivity contribution in [2.24, 2.45) is 18.9 Å². The maximum absolute atomic E-state index is 13.0. The molecule has 1 amide bonds. The number of carbonyl (C=O) groups excluding carboxylic acids is 1. The fourth-order valence-corrected chi connectivity index (χ4v) is 5.24. The second-order valence-electron chi connectivity index (χ2n) is 7.39. The van der Waals surface area contributed by atoms with E-state index in [-0.39, 0.29) is 11.5 Å². The molecule has 4 nitrogen and oxygen atoms in total. The van der Waals surface area contributed by atoms with Gasteiger partial charge in [0.15, 0.2) is 0 Å². The number of hydrogen-bond acceptors (Lipinski definition) is 3. The van der Waals surface area contributed by atoms with Crippen LogP contribution in [0.2, 0.25) is 0 Å². The van der Waals surface area contributed by atoms with Crippen LogP contribution in [0.4, 0.5) is 0 Å². The number of rotatable bonds is 1. The number of nitrogens with zero attached hydrogens (tertiary/aromatic N) is 2. The number of piperidine rings is 1. The van der Waals surface area contributed by atoms with E-state index in [1.165, 1.54) is 17.8 Å². The van der Waals surface area contributed by atoms with Gasteiger partial charge in [0.2, 0.25) is 0 Å². The first-order chi connectivity index (χ1) is 12.0. The number of likely N-dealkylation sites (tertiary alicyclic amines) is 1. The lowest BCUT2D eigenvalue weighted by molar-refractivity contribution is 0.0628. The highest BCUT2D eigenvalue weighted by Gasteiger charge is 2.27. The lowest BCUT2D eigenvalue weighted by Gasteiger charge is -2.34. The minimum Gasteiger partial charge on any atom is -0.337 e. The second-order valence-corrected chi connectivity index (χ2v) is 8.44. The highest BCUT2D eigenvalue weighted by atomic mass is 32.1. The molecular weight excluding hydrogens is 332 g/mol. The number of thiophene rings is 1. The zero-order chi connectivity index (χ0) is 17.7. The van der Waals surface area contributed by atoms with Gasteiger partial charge in [-0.15, -0.1) is 11.3 Å². The van der Waals surface area contributed by atoms with Crippen LogP contribution in [0.1, 0.15) is 29.9 Å². The molecule has 1 aliphatic heterocycles. The molecule has 2 atom stereocenters. The van der Waals surface area contributed by atoms with Crippen LogP contribution >= 0.6 is 11.3 Å². The standard InChI is InChI=1S/C20H22N2O2S/c1-12-8-13(2)11-22(10-12)20(24)17-9-15-18(25-17)14-6-4-5-7-16(14)21(3)19(15)23/h4-7,9,12-13H,8,10-11H2,1-3H3. The second kappa shape index (κ2) is 5.99. The molecule has 0 bridgehead atoms. The minimum absolute atomic E-state index is 0.0376. The first kappa shape index (κ1) is 16.3. The van der Waals surface area contributed by atoms with E-state index in [4.69, 9.17) is 0 Å². The zero-order valence-electron chi connectivity index (χ0n) is 14.8. The van der Waals surface area contributed by atoms with Crippen molar-refractivity contribution in [1.82, 2.24) is 9.47 Å². The lowest BCUT2D eigenvalue weighted by atomic mass is 9.92. The SMILES string of the molecule is CC1CC(C)CN(C(=O)c2cc3c(=O)n(C)c4ccccc4c3s2)C1. The molecule has 25 heavy (non-hydrogen) atoms. The number of aromatic nitrogens is 1. The van der Waals surface area contributed by atoms with Gasteiger partial charge in [-0.1, -0.05) is 32.0 Å². The van der Waals surface area contributed by atoms with Crippen molar-refractivity contribution in [2.75, 3.05) is 13.1 Å². The number of hydrogen-bond donors (Lipinski definition) is 0. The Hall–Kier alpha value is -2.14. The van der Waals surface area contributed by atoms with Gasteiger partial charge in [-0.25, -0.2) is 0 Å². The van der Waals surface area contributed by atoms with Crippen LogP contribution in [0.15, 0.2) is 35.1 Å². The predicted octanol–water partition coefficient (Wildman–Crippen LogP) is 3.87. The van der Waals surface area contributed by atoms with Gasteiger partial charge in [0.25, 0.3) is 11.5 Å². The average Bonchev–Trinajstić information content (AvgIpc) is 3.04. The van der Waals surface area contributed by atoms with Crippen LogP contribution in [0.25, 0.3) is 21.0 Å². The van der Waals surface area contributed by atoms with E-state index < -0.39 is 0 Å². The molecule has 2 unspecified atom stereocenters. The first-order valence-corrected chi connectivity index (χ1v) is 9.58. The molecule has 0 aliphatic carbocycles. The highest BCUT2D eigenvalue weighted by molar-refractivity contribution is 7.21. The minimum atomic E-state index is -0.0376. The summed E-state index contributed by atoms with van der Waals surface area (Å²) >= 11 is 1.45. The van der Waals surface area contributed by atoms with E-state index in [0.29, 0.717) is 22.1 Å². The molecule has 3 heterocycles. The molecule has 1 saturated heterocycles. The number of benzene rings is 1. The van der Waals surface area contributed by atoms with Gasteiger partial charge >= 0.3 is 0 Å². The Morgan fingerprint density at radius 1 is 1.12 bits per heavy atom. The summed E-state index contributed by atoms with van der Waals surface area (Å²) in [6.45, 7) is 6.00. The van der Waals surface area contributed by atoms with E-state index in [1.807, 2.05) is 29.2 Å². The Labute approximate surface area is 150 Å². The Morgan fingerprint density at radius 2 is 1.80 bits per heavy atom. The Balaban J connectivity index is 1.84. The van der Waals surface area contributed by atoms with Crippen LogP contribution in [-0.2, 0) is 7.05 Å². The topological polar surface area (TPSA) is 42.3 Å². The van der Waals surface area contributed by atoms with Crippen molar-refractivity contribution in [3.63, 3.8) is 0 Å². The molecule has 0 N–H and O–H groups in total. The van der Waals surface area contributed by atoms with Crippen molar-refractivity contribution in [2.45, 2.75) is 20.3 Å². The summed E-state index contributed by atoms with van der Waals surface area (Å²) < 4.78 is 2.59. The van der Waals surface area contributed by atoms with E-state index in [1.54, 1.807) is 17.7 Å². The predicted molar refractivity (Wildman–Crippen MR) is 103 cm³/mol. The number of aryl methyl sites for hydroxylation is 1. The molecule has 0 spiro atoms. The monoisotopic (exact) mass is 354 g/mol. The summed E-state index contributed by atoms with van der Waals surface area (Å²) in [6, 6.07) is 9.67. The first-order valence-electron chi connectivity index (χ1n) is 8.76. The maximum atomic E-state index is 13.0. The fourth-order valence-electron chi connectivity index (χ4n) is 4.09. The summed E-state index contributed by atoms with van der Waals surface area (Å²) in [6.07, 6.45) is 1.17. The summed E-state index contributed by atoms with van der Waals surface area (Å²) in [5.74, 6) is 1.11. The van der Waals surface area contributed by atoms with Crippen LogP contribution in [0, 0.1) is 11.8 Å². The molecule has 5 heteroatoms. The van der Waals surface area contributed by atoms with Crippen molar-refractivity contribution >= 4 is 38.2 Å². The Morgan fingerprint density at radius 3 is 2.52 bits per heavy atom. The zero-order valence-corrected chi connectivity index (χ0v) is 15.6. The van der Waals surface area contributed by atoms with Crippen molar-refractivity contribution < 1.29 is 4.79 Å². The molecule has 1 aliphatic rings. The van der Waals surface area contributed by atoms with Gasteiger partial charge in [-0.3, -0.25) is 9.59 Å². The normalized spacial score (nSPS) is 21.2. The van der Waals surface area contributed by atoms with E-state index in [0.717, 1.165) is 28.7 Å². The van der Waals surface area contributed by atoms with Crippen LogP contribution in [-0.4, -0.2) is 28.5 Å². The average molecular weight is 354 g/mol. The Kier molecular flexibility index (Phi) is 3.91. The maximum Gasteiger partial charge on any atom is 0.263 e. The van der Waals surface area contributed by atoms with Crippen LogP contribution < -0.4 is 5.56 Å². The van der Waals surface area contributed by atoms with Gasteiger partial charge in [0.1, 0.15) is 0 Å². The Bertz CT molecular complexity index is 1020. The smallest absolute Gasteiger partial charge is 0.263 e. The summed E-state index contributed by atoms with van der Waals surface area (Å²) in [5, 5.41) is 1.68. The number of para-hydroxylation sites is 1. The van der Waals surface area contributed by atoms with Crippen molar-refractivity contribution in [3.05, 3.63) is 45.6 Å². The molecule has 4 rings (SSSR count). The summed E-state index contributed by atoms with van der Waals surface area (Å²) in [7, 11) is 1.79. The van der Waals surface area contributed by atoms with Gasteiger partial charge < -0.3 is 9.47 Å². The molecule has 0 saturated carbocycles. The molecule has 130 valence electrons. The quantitative estimate of drug-likeness (QED) is 0.666. The number of carbonyl (C=O) groups is 1. The van der Waals surface area contributed by atoms with Crippen LogP contribution in [0.3, 0.4) is 0 Å². The van der Waals surface area contributed by atoms with Gasteiger partial charge in [-0.05, 0) is 30.4 Å². The molecule has 2 aromatic heterocycles. The summed E-state index contributed by atoms with van der Waals surface area (Å²) in [4.78, 5) is 28.3. The lowest BCUT2D eigenvalue weighted by Crippen LogP contribution is -2.42. The largest absolute Gasteiger partial charge is 0.337 e. The molecule has 1 aromatic carbocycles. The summed E-state index contributed by atoms with van der Waals surface area (Å²) in [5.41, 5.74) is 0.866. The third kappa shape index (κ3) is 2.67. The third-order valence-corrected chi connectivity index (χ3v) is 6.30. The van der Waals surface area contributed by atoms with Crippen molar-refractivity contribution in [1.29, 1.82) is 0 Å². The highest BCUT2D eigenvalue weighted by Crippen LogP contribution is 2.32. The van der Waals surface area contributed by atoms with E-state index in [2.05, 4.69) is 13.8 Å². The number of amides is 1. The number of fused-ring (bicyclic) bond motifs is 3. The van der Waals surface area contributed by atoms with Gasteiger partial charge in [0.05, 0.1) is 15.8 Å². The molecular formula is C20H22N2O2S. The fraction of sp³-hybridized carbons (Fsp3) is 0.400. The molecule has 1 fully saturated rings. The van der Waals surface area contributed by atoms with Gasteiger partial charge in [0, 0.05) is 30.2 Å². The molecule has 0 radical (unpaired) electrons.